The van der Waals surface area contributed by atoms with Gasteiger partial charge >= 0.3 is 0 Å². The monoisotopic (exact) mass is 239 g/mol. The second-order valence-corrected chi connectivity index (χ2v) is 4.19. The van der Waals surface area contributed by atoms with Crippen molar-refractivity contribution in [2.45, 2.75) is 19.4 Å². The second kappa shape index (κ2) is 5.12. The van der Waals surface area contributed by atoms with Crippen LogP contribution >= 0.6 is 0 Å². The Hall–Kier alpha value is -1.65. The van der Waals surface area contributed by atoms with Crippen LogP contribution in [0.3, 0.4) is 0 Å². The van der Waals surface area contributed by atoms with E-state index in [0.717, 1.165) is 18.6 Å². The van der Waals surface area contributed by atoms with Crippen molar-refractivity contribution in [3.63, 3.8) is 0 Å². The van der Waals surface area contributed by atoms with Gasteiger partial charge in [0.2, 0.25) is 0 Å². The largest absolute Gasteiger partial charge is 0.356 e. The van der Waals surface area contributed by atoms with Crippen molar-refractivity contribution in [3.05, 3.63) is 35.4 Å². The van der Waals surface area contributed by atoms with E-state index in [1.165, 1.54) is 12.1 Å². The van der Waals surface area contributed by atoms with Gasteiger partial charge in [-0.15, -0.1) is 0 Å². The van der Waals surface area contributed by atoms with Crippen LogP contribution in [0.4, 0.5) is 8.78 Å². The standard InChI is InChI=1S/C12H15F2N3/c1-8-7-16-12(17-8)15-3-2-9-4-10(13)6-11(14)5-9/h4-6,8H,2-3,7H2,1H3,(H2,15,16,17). The average Bonchev–Trinajstić information content (AvgIpc) is 2.63. The van der Waals surface area contributed by atoms with Crippen LogP contribution in [-0.2, 0) is 6.42 Å². The molecule has 0 aliphatic carbocycles. The quantitative estimate of drug-likeness (QED) is 0.837. The molecule has 1 atom stereocenters. The Morgan fingerprint density at radius 3 is 2.65 bits per heavy atom. The molecule has 1 aromatic rings. The minimum Gasteiger partial charge on any atom is -0.356 e. The van der Waals surface area contributed by atoms with Gasteiger partial charge in [-0.25, -0.2) is 8.78 Å². The van der Waals surface area contributed by atoms with Crippen molar-refractivity contribution in [2.24, 2.45) is 4.99 Å². The molecule has 2 rings (SSSR count). The molecule has 0 fully saturated rings. The number of aliphatic imine (C=N–C) groups is 1. The number of nitrogens with zero attached hydrogens (tertiary/aromatic N) is 1. The van der Waals surface area contributed by atoms with Gasteiger partial charge in [0.25, 0.3) is 0 Å². The van der Waals surface area contributed by atoms with Crippen LogP contribution in [0.2, 0.25) is 0 Å². The van der Waals surface area contributed by atoms with Crippen molar-refractivity contribution < 1.29 is 8.78 Å². The lowest BCUT2D eigenvalue weighted by molar-refractivity contribution is 0.579. The maximum atomic E-state index is 12.9. The van der Waals surface area contributed by atoms with Gasteiger partial charge in [-0.1, -0.05) is 0 Å². The molecular weight excluding hydrogens is 224 g/mol. The summed E-state index contributed by atoms with van der Waals surface area (Å²) in [7, 11) is 0. The first-order chi connectivity index (χ1) is 8.13. The number of halogens is 2. The molecule has 5 heteroatoms. The van der Waals surface area contributed by atoms with Gasteiger partial charge in [-0.3, -0.25) is 4.99 Å². The van der Waals surface area contributed by atoms with Gasteiger partial charge in [0, 0.05) is 18.7 Å². The summed E-state index contributed by atoms with van der Waals surface area (Å²) in [5, 5.41) is 6.25. The Morgan fingerprint density at radius 2 is 2.06 bits per heavy atom. The molecule has 1 aromatic carbocycles. The number of hydrogen-bond acceptors (Lipinski definition) is 3. The fourth-order valence-corrected chi connectivity index (χ4v) is 1.74. The normalized spacial score (nSPS) is 18.8. The summed E-state index contributed by atoms with van der Waals surface area (Å²) in [6, 6.07) is 3.92. The molecule has 1 aliphatic heterocycles. The first-order valence-corrected chi connectivity index (χ1v) is 5.63. The summed E-state index contributed by atoms with van der Waals surface area (Å²) < 4.78 is 25.8. The lowest BCUT2D eigenvalue weighted by Crippen LogP contribution is -2.38. The van der Waals surface area contributed by atoms with Gasteiger partial charge in [-0.05, 0) is 31.0 Å². The lowest BCUT2D eigenvalue weighted by Gasteiger charge is -2.08. The average molecular weight is 239 g/mol. The van der Waals surface area contributed by atoms with E-state index >= 15 is 0 Å². The van der Waals surface area contributed by atoms with E-state index in [1.54, 1.807) is 0 Å². The fourth-order valence-electron chi connectivity index (χ4n) is 1.74. The summed E-state index contributed by atoms with van der Waals surface area (Å²) in [4.78, 5) is 4.23. The van der Waals surface area contributed by atoms with E-state index in [4.69, 9.17) is 0 Å². The third-order valence-corrected chi connectivity index (χ3v) is 2.53. The van der Waals surface area contributed by atoms with Crippen LogP contribution in [0, 0.1) is 11.6 Å². The Bertz CT molecular complexity index is 412. The number of benzene rings is 1. The van der Waals surface area contributed by atoms with Crippen LogP contribution in [0.15, 0.2) is 23.2 Å². The minimum atomic E-state index is -0.537. The number of rotatable bonds is 3. The maximum Gasteiger partial charge on any atom is 0.191 e. The highest BCUT2D eigenvalue weighted by atomic mass is 19.1. The van der Waals surface area contributed by atoms with Crippen LogP contribution in [0.1, 0.15) is 12.5 Å². The van der Waals surface area contributed by atoms with Crippen LogP contribution < -0.4 is 10.6 Å². The molecule has 1 aliphatic rings. The molecule has 92 valence electrons. The van der Waals surface area contributed by atoms with Gasteiger partial charge in [-0.2, -0.15) is 0 Å². The van der Waals surface area contributed by atoms with Crippen molar-refractivity contribution in [2.75, 3.05) is 13.1 Å². The van der Waals surface area contributed by atoms with Gasteiger partial charge < -0.3 is 10.6 Å². The van der Waals surface area contributed by atoms with Crippen LogP contribution in [-0.4, -0.2) is 25.1 Å². The summed E-state index contributed by atoms with van der Waals surface area (Å²) in [6.45, 7) is 3.40. The molecule has 0 bridgehead atoms. The highest BCUT2D eigenvalue weighted by molar-refractivity contribution is 5.81. The van der Waals surface area contributed by atoms with Crippen molar-refractivity contribution in [1.82, 2.24) is 10.6 Å². The first kappa shape index (κ1) is 11.8. The van der Waals surface area contributed by atoms with Crippen LogP contribution in [0.25, 0.3) is 0 Å². The van der Waals surface area contributed by atoms with Crippen molar-refractivity contribution >= 4 is 5.96 Å². The molecule has 3 nitrogen and oxygen atoms in total. The third kappa shape index (κ3) is 3.41. The summed E-state index contributed by atoms with van der Waals surface area (Å²) in [5.41, 5.74) is 0.640. The van der Waals surface area contributed by atoms with Crippen molar-refractivity contribution in [3.8, 4) is 0 Å². The maximum absolute atomic E-state index is 12.9. The highest BCUT2D eigenvalue weighted by Gasteiger charge is 2.11. The summed E-state index contributed by atoms with van der Waals surface area (Å²) in [6.07, 6.45) is 0.559. The summed E-state index contributed by atoms with van der Waals surface area (Å²) >= 11 is 0. The van der Waals surface area contributed by atoms with Gasteiger partial charge in [0.05, 0.1) is 6.54 Å². The molecule has 0 amide bonds. The minimum absolute atomic E-state index is 0.351. The number of guanidine groups is 1. The molecule has 1 unspecified atom stereocenters. The topological polar surface area (TPSA) is 36.4 Å². The predicted molar refractivity (Wildman–Crippen MR) is 63.0 cm³/mol. The molecule has 0 radical (unpaired) electrons. The Balaban J connectivity index is 1.82. The zero-order chi connectivity index (χ0) is 12.3. The van der Waals surface area contributed by atoms with E-state index in [9.17, 15) is 8.78 Å². The fraction of sp³-hybridized carbons (Fsp3) is 0.417. The molecule has 17 heavy (non-hydrogen) atoms. The smallest absolute Gasteiger partial charge is 0.191 e. The second-order valence-electron chi connectivity index (χ2n) is 4.19. The van der Waals surface area contributed by atoms with Crippen molar-refractivity contribution in [1.29, 1.82) is 0 Å². The summed E-state index contributed by atoms with van der Waals surface area (Å²) in [5.74, 6) is -0.315. The lowest BCUT2D eigenvalue weighted by atomic mass is 10.1. The van der Waals surface area contributed by atoms with E-state index < -0.39 is 11.6 Å². The van der Waals surface area contributed by atoms with Crippen LogP contribution in [0.5, 0.6) is 0 Å². The van der Waals surface area contributed by atoms with Gasteiger partial charge in [0.15, 0.2) is 5.96 Å². The SMILES string of the molecule is CC1CN=C(NCCc2cc(F)cc(F)c2)N1. The number of hydrogen-bond donors (Lipinski definition) is 2. The highest BCUT2D eigenvalue weighted by Crippen LogP contribution is 2.08. The third-order valence-electron chi connectivity index (χ3n) is 2.53. The molecule has 0 saturated heterocycles. The number of nitrogens with one attached hydrogen (secondary N) is 2. The van der Waals surface area contributed by atoms with E-state index in [-0.39, 0.29) is 0 Å². The molecular formula is C12H15F2N3. The Labute approximate surface area is 98.9 Å². The molecule has 2 N–H and O–H groups in total. The zero-order valence-corrected chi connectivity index (χ0v) is 9.63. The van der Waals surface area contributed by atoms with E-state index in [1.807, 2.05) is 6.92 Å². The molecule has 0 saturated carbocycles. The van der Waals surface area contributed by atoms with E-state index in [0.29, 0.717) is 24.6 Å². The Kier molecular flexibility index (Phi) is 3.56. The predicted octanol–water partition coefficient (Wildman–Crippen LogP) is 1.44. The molecule has 1 heterocycles. The Morgan fingerprint density at radius 1 is 1.35 bits per heavy atom. The molecule has 0 spiro atoms. The van der Waals surface area contributed by atoms with Gasteiger partial charge in [0.1, 0.15) is 11.6 Å². The zero-order valence-electron chi connectivity index (χ0n) is 9.63. The van der Waals surface area contributed by atoms with E-state index in [2.05, 4.69) is 15.6 Å². The molecule has 0 aromatic heterocycles. The first-order valence-electron chi connectivity index (χ1n) is 5.63.